The van der Waals surface area contributed by atoms with Crippen molar-refractivity contribution in [2.24, 2.45) is 0 Å². The van der Waals surface area contributed by atoms with Crippen molar-refractivity contribution < 1.29 is 22.6 Å². The lowest BCUT2D eigenvalue weighted by molar-refractivity contribution is -0.384. The Morgan fingerprint density at radius 1 is 1.09 bits per heavy atom. The van der Waals surface area contributed by atoms with Crippen LogP contribution in [0.4, 0.5) is 11.4 Å². The summed E-state index contributed by atoms with van der Waals surface area (Å²) in [5.74, 6) is -1.36. The number of rotatable bonds is 6. The van der Waals surface area contributed by atoms with Gasteiger partial charge in [0.2, 0.25) is 15.9 Å². The molecule has 1 amide bonds. The maximum absolute atomic E-state index is 12.7. The van der Waals surface area contributed by atoms with Gasteiger partial charge in [0.25, 0.3) is 5.69 Å². The first-order valence-corrected chi connectivity index (χ1v) is 11.4. The maximum atomic E-state index is 12.7. The van der Waals surface area contributed by atoms with Gasteiger partial charge in [-0.15, -0.1) is 0 Å². The van der Waals surface area contributed by atoms with E-state index in [-0.39, 0.29) is 28.2 Å². The van der Waals surface area contributed by atoms with E-state index in [4.69, 9.17) is 4.42 Å². The lowest BCUT2D eigenvalue weighted by Crippen LogP contribution is -2.35. The molecule has 1 N–H and O–H groups in total. The van der Waals surface area contributed by atoms with Gasteiger partial charge in [0.1, 0.15) is 6.54 Å². The van der Waals surface area contributed by atoms with E-state index in [9.17, 15) is 28.1 Å². The Balaban J connectivity index is 1.47. The second-order valence-electron chi connectivity index (χ2n) is 7.40. The van der Waals surface area contributed by atoms with Gasteiger partial charge in [-0.05, 0) is 43.2 Å². The second-order valence-corrected chi connectivity index (χ2v) is 9.34. The van der Waals surface area contributed by atoms with E-state index < -0.39 is 26.6 Å². The number of piperidine rings is 1. The highest BCUT2D eigenvalue weighted by molar-refractivity contribution is 7.89. The van der Waals surface area contributed by atoms with Crippen LogP contribution in [0.1, 0.15) is 19.3 Å². The molecule has 1 aromatic heterocycles. The average molecular weight is 460 g/mol. The highest BCUT2D eigenvalue weighted by atomic mass is 32.2. The van der Waals surface area contributed by atoms with Crippen molar-refractivity contribution in [3.05, 3.63) is 63.1 Å². The number of nitro groups is 1. The van der Waals surface area contributed by atoms with Gasteiger partial charge in [0.05, 0.1) is 21.4 Å². The number of fused-ring (bicyclic) bond motifs is 1. The lowest BCUT2D eigenvalue weighted by atomic mass is 10.2. The van der Waals surface area contributed by atoms with E-state index in [1.165, 1.54) is 40.7 Å². The minimum atomic E-state index is -3.57. The van der Waals surface area contributed by atoms with E-state index in [2.05, 4.69) is 5.32 Å². The molecule has 0 atom stereocenters. The number of carbonyl (C=O) groups is 1. The van der Waals surface area contributed by atoms with Crippen molar-refractivity contribution in [1.29, 1.82) is 0 Å². The second kappa shape index (κ2) is 8.55. The van der Waals surface area contributed by atoms with Crippen molar-refractivity contribution in [1.82, 2.24) is 8.87 Å². The number of sulfonamides is 1. The lowest BCUT2D eigenvalue weighted by Gasteiger charge is -2.25. The molecule has 3 aromatic rings. The fourth-order valence-corrected chi connectivity index (χ4v) is 5.14. The van der Waals surface area contributed by atoms with E-state index in [1.54, 1.807) is 0 Å². The Hall–Kier alpha value is -3.51. The number of amides is 1. The van der Waals surface area contributed by atoms with Crippen molar-refractivity contribution >= 4 is 38.4 Å². The fourth-order valence-electron chi connectivity index (χ4n) is 3.63. The summed E-state index contributed by atoms with van der Waals surface area (Å²) in [6.45, 7) is 0.617. The first-order chi connectivity index (χ1) is 15.3. The Kier molecular flexibility index (Phi) is 5.80. The van der Waals surface area contributed by atoms with E-state index in [1.807, 2.05) is 0 Å². The molecule has 0 saturated carbocycles. The third-order valence-electron chi connectivity index (χ3n) is 5.26. The summed E-state index contributed by atoms with van der Waals surface area (Å²) in [4.78, 5) is 34.9. The zero-order chi connectivity index (χ0) is 22.9. The quantitative estimate of drug-likeness (QED) is 0.439. The summed E-state index contributed by atoms with van der Waals surface area (Å²) < 4.78 is 32.9. The Bertz CT molecular complexity index is 1340. The third-order valence-corrected chi connectivity index (χ3v) is 7.17. The van der Waals surface area contributed by atoms with Crippen molar-refractivity contribution in [3.8, 4) is 0 Å². The summed E-state index contributed by atoms with van der Waals surface area (Å²) in [7, 11) is -3.57. The number of nitro benzene ring substituents is 1. The molecule has 4 rings (SSSR count). The van der Waals surface area contributed by atoms with Crippen LogP contribution < -0.4 is 11.1 Å². The number of aromatic nitrogens is 1. The smallest absolute Gasteiger partial charge is 0.407 e. The van der Waals surface area contributed by atoms with Crippen LogP contribution in [0.2, 0.25) is 0 Å². The third kappa shape index (κ3) is 4.27. The van der Waals surface area contributed by atoms with Crippen LogP contribution in [0.5, 0.6) is 0 Å². The Labute approximate surface area is 182 Å². The molecule has 1 fully saturated rings. The molecule has 2 aromatic carbocycles. The SMILES string of the molecule is O=C(Cn1c(=O)oc2cc([N+](=O)[O-])ccc21)Nc1ccc(S(=O)(=O)N2CCCCC2)cc1. The van der Waals surface area contributed by atoms with Gasteiger partial charge in [-0.1, -0.05) is 6.42 Å². The van der Waals surface area contributed by atoms with E-state index >= 15 is 0 Å². The topological polar surface area (TPSA) is 145 Å². The van der Waals surface area contributed by atoms with Crippen molar-refractivity contribution in [2.75, 3.05) is 18.4 Å². The standard InChI is InChI=1S/C20H20N4O7S/c25-19(13-23-17-9-6-15(24(27)28)12-18(17)31-20(23)26)21-14-4-7-16(8-5-14)32(29,30)22-10-2-1-3-11-22/h4-9,12H,1-3,10-11,13H2,(H,21,25). The maximum Gasteiger partial charge on any atom is 0.420 e. The predicted octanol–water partition coefficient (Wildman–Crippen LogP) is 2.32. The summed E-state index contributed by atoms with van der Waals surface area (Å²) >= 11 is 0. The molecule has 1 saturated heterocycles. The molecule has 2 heterocycles. The highest BCUT2D eigenvalue weighted by Gasteiger charge is 2.25. The van der Waals surface area contributed by atoms with Gasteiger partial charge in [-0.2, -0.15) is 4.31 Å². The highest BCUT2D eigenvalue weighted by Crippen LogP contribution is 2.23. The summed E-state index contributed by atoms with van der Waals surface area (Å²) in [6.07, 6.45) is 2.69. The van der Waals surface area contributed by atoms with E-state index in [0.29, 0.717) is 18.8 Å². The Morgan fingerprint density at radius 2 is 1.78 bits per heavy atom. The molecule has 0 bridgehead atoms. The van der Waals surface area contributed by atoms with Crippen LogP contribution in [-0.4, -0.2) is 41.2 Å². The van der Waals surface area contributed by atoms with Crippen molar-refractivity contribution in [2.45, 2.75) is 30.7 Å². The minimum Gasteiger partial charge on any atom is -0.407 e. The van der Waals surface area contributed by atoms with Crippen LogP contribution in [-0.2, 0) is 21.4 Å². The molecule has 12 heteroatoms. The van der Waals surface area contributed by atoms with Gasteiger partial charge in [-0.25, -0.2) is 13.2 Å². The fraction of sp³-hybridized carbons (Fsp3) is 0.300. The number of carbonyl (C=O) groups excluding carboxylic acids is 1. The van der Waals surface area contributed by atoms with Gasteiger partial charge in [-0.3, -0.25) is 19.5 Å². The molecular weight excluding hydrogens is 440 g/mol. The summed E-state index contributed by atoms with van der Waals surface area (Å²) in [6, 6.07) is 9.49. The molecule has 11 nitrogen and oxygen atoms in total. The molecule has 0 radical (unpaired) electrons. The monoisotopic (exact) mass is 460 g/mol. The van der Waals surface area contributed by atoms with Gasteiger partial charge in [0, 0.05) is 24.8 Å². The predicted molar refractivity (Wildman–Crippen MR) is 115 cm³/mol. The Morgan fingerprint density at radius 3 is 2.44 bits per heavy atom. The molecule has 32 heavy (non-hydrogen) atoms. The molecule has 0 aliphatic carbocycles. The van der Waals surface area contributed by atoms with Gasteiger partial charge in [0.15, 0.2) is 5.58 Å². The number of oxazole rings is 1. The minimum absolute atomic E-state index is 0.00396. The first kappa shape index (κ1) is 21.7. The molecule has 0 unspecified atom stereocenters. The van der Waals surface area contributed by atoms with Crippen LogP contribution in [0.25, 0.3) is 11.1 Å². The molecule has 0 spiro atoms. The summed E-state index contributed by atoms with van der Waals surface area (Å²) in [5.41, 5.74) is 0.384. The van der Waals surface area contributed by atoms with Gasteiger partial charge < -0.3 is 9.73 Å². The first-order valence-electron chi connectivity index (χ1n) is 9.93. The summed E-state index contributed by atoms with van der Waals surface area (Å²) in [5, 5.41) is 13.5. The number of hydrogen-bond donors (Lipinski definition) is 1. The number of nitrogens with one attached hydrogen (secondary N) is 1. The van der Waals surface area contributed by atoms with Gasteiger partial charge >= 0.3 is 5.76 Å². The van der Waals surface area contributed by atoms with Crippen molar-refractivity contribution in [3.63, 3.8) is 0 Å². The van der Waals surface area contributed by atoms with Crippen LogP contribution in [0.3, 0.4) is 0 Å². The zero-order valence-electron chi connectivity index (χ0n) is 16.9. The number of non-ortho nitro benzene ring substituents is 1. The molecule has 1 aliphatic rings. The van der Waals surface area contributed by atoms with Crippen LogP contribution in [0.15, 0.2) is 56.6 Å². The molecule has 168 valence electrons. The molecule has 1 aliphatic heterocycles. The number of nitrogens with zero attached hydrogens (tertiary/aromatic N) is 3. The average Bonchev–Trinajstić information content (AvgIpc) is 3.09. The molecular formula is C20H20N4O7S. The van der Waals surface area contributed by atoms with E-state index in [0.717, 1.165) is 29.9 Å². The van der Waals surface area contributed by atoms with Crippen LogP contribution in [0, 0.1) is 10.1 Å². The normalized spacial score (nSPS) is 15.0. The number of hydrogen-bond acceptors (Lipinski definition) is 7. The number of anilines is 1. The largest absolute Gasteiger partial charge is 0.420 e. The van der Waals surface area contributed by atoms with Crippen LogP contribution >= 0.6 is 0 Å². The zero-order valence-corrected chi connectivity index (χ0v) is 17.7. The number of benzene rings is 2.